The molecule has 3 aromatic rings. The van der Waals surface area contributed by atoms with Crippen molar-refractivity contribution >= 4 is 17.6 Å². The average molecular weight is 387 g/mol. The third-order valence-electron chi connectivity index (χ3n) is 4.74. The van der Waals surface area contributed by atoms with Crippen LogP contribution in [0.5, 0.6) is 5.75 Å². The van der Waals surface area contributed by atoms with Gasteiger partial charge in [0, 0.05) is 11.3 Å². The van der Waals surface area contributed by atoms with Crippen molar-refractivity contribution in [3.63, 3.8) is 0 Å². The summed E-state index contributed by atoms with van der Waals surface area (Å²) < 4.78 is 11.3. The molecule has 6 nitrogen and oxygen atoms in total. The molecule has 6 heteroatoms. The van der Waals surface area contributed by atoms with Crippen LogP contribution in [0.3, 0.4) is 0 Å². The Balaban J connectivity index is 1.39. The molecule has 1 aliphatic heterocycles. The van der Waals surface area contributed by atoms with Crippen LogP contribution in [0.15, 0.2) is 78.9 Å². The van der Waals surface area contributed by atoms with Crippen LogP contribution in [0.1, 0.15) is 5.56 Å². The number of hydrogen-bond donors (Lipinski definition) is 2. The number of cyclic esters (lactones) is 1. The number of nitrogens with zero attached hydrogens (tertiary/aromatic N) is 1. The molecule has 1 fully saturated rings. The predicted molar refractivity (Wildman–Crippen MR) is 112 cm³/mol. The highest BCUT2D eigenvalue weighted by Crippen LogP contribution is 2.25. The number of ether oxygens (including phenoxy) is 2. The summed E-state index contributed by atoms with van der Waals surface area (Å²) in [7, 11) is 0. The number of amides is 1. The summed E-state index contributed by atoms with van der Waals surface area (Å²) in [6.45, 7) is 0.669. The van der Waals surface area contributed by atoms with Gasteiger partial charge in [-0.25, -0.2) is 4.79 Å². The number of anilines is 1. The molecule has 3 N–H and O–H groups in total. The molecule has 0 radical (unpaired) electrons. The van der Waals surface area contributed by atoms with Gasteiger partial charge in [0.1, 0.15) is 18.2 Å². The van der Waals surface area contributed by atoms with E-state index in [0.29, 0.717) is 17.8 Å². The first-order valence-corrected chi connectivity index (χ1v) is 9.31. The second kappa shape index (κ2) is 8.06. The molecule has 3 aromatic carbocycles. The van der Waals surface area contributed by atoms with Crippen LogP contribution in [0.25, 0.3) is 11.1 Å². The molecule has 29 heavy (non-hydrogen) atoms. The first-order chi connectivity index (χ1) is 14.1. The Morgan fingerprint density at radius 3 is 2.48 bits per heavy atom. The topological polar surface area (TPSA) is 88.6 Å². The van der Waals surface area contributed by atoms with Gasteiger partial charge in [0.15, 0.2) is 6.10 Å². The van der Waals surface area contributed by atoms with E-state index in [-0.39, 0.29) is 18.5 Å². The molecule has 1 atom stereocenters. The summed E-state index contributed by atoms with van der Waals surface area (Å²) in [5, 5.41) is 7.45. The molecule has 1 unspecified atom stereocenters. The van der Waals surface area contributed by atoms with Gasteiger partial charge in [-0.2, -0.15) is 0 Å². The van der Waals surface area contributed by atoms with Crippen molar-refractivity contribution in [2.75, 3.05) is 18.1 Å². The van der Waals surface area contributed by atoms with Crippen molar-refractivity contribution in [3.8, 4) is 16.9 Å². The van der Waals surface area contributed by atoms with Gasteiger partial charge in [-0.3, -0.25) is 10.3 Å². The highest BCUT2D eigenvalue weighted by molar-refractivity contribution is 5.96. The van der Waals surface area contributed by atoms with Crippen molar-refractivity contribution in [2.24, 2.45) is 5.73 Å². The molecule has 0 bridgehead atoms. The fourth-order valence-electron chi connectivity index (χ4n) is 3.23. The largest absolute Gasteiger partial charge is 0.490 e. The van der Waals surface area contributed by atoms with E-state index in [9.17, 15) is 4.79 Å². The van der Waals surface area contributed by atoms with Gasteiger partial charge in [-0.05, 0) is 47.5 Å². The lowest BCUT2D eigenvalue weighted by Gasteiger charge is -2.14. The number of rotatable bonds is 6. The predicted octanol–water partition coefficient (Wildman–Crippen LogP) is 4.04. The maximum atomic E-state index is 12.2. The SMILES string of the molecule is N=C(N)c1ccc(N2CC(COc3cccc(-c4ccccc4)c3)OC2=O)cc1. The van der Waals surface area contributed by atoms with E-state index in [1.807, 2.05) is 54.6 Å². The molecule has 0 saturated carbocycles. The van der Waals surface area contributed by atoms with Crippen molar-refractivity contribution in [1.82, 2.24) is 0 Å². The van der Waals surface area contributed by atoms with Gasteiger partial charge in [-0.1, -0.05) is 42.5 Å². The number of nitrogen functional groups attached to an aromatic ring is 1. The van der Waals surface area contributed by atoms with Gasteiger partial charge in [-0.15, -0.1) is 0 Å². The Kier molecular flexibility index (Phi) is 5.16. The van der Waals surface area contributed by atoms with Crippen molar-refractivity contribution < 1.29 is 14.3 Å². The Hall–Kier alpha value is -3.80. The molecule has 1 heterocycles. The first kappa shape index (κ1) is 18.6. The van der Waals surface area contributed by atoms with Crippen LogP contribution < -0.4 is 15.4 Å². The monoisotopic (exact) mass is 387 g/mol. The molecule has 146 valence electrons. The Labute approximate surface area is 169 Å². The third-order valence-corrected chi connectivity index (χ3v) is 4.74. The zero-order valence-electron chi connectivity index (χ0n) is 15.7. The standard InChI is InChI=1S/C23H21N3O3/c24-22(25)17-9-11-19(12-10-17)26-14-21(29-23(26)27)15-28-20-8-4-7-18(13-20)16-5-2-1-3-6-16/h1-13,21H,14-15H2,(H3,24,25). The van der Waals surface area contributed by atoms with Crippen LogP contribution in [0.2, 0.25) is 0 Å². The number of carbonyl (C=O) groups excluding carboxylic acids is 1. The molecule has 0 spiro atoms. The van der Waals surface area contributed by atoms with E-state index in [2.05, 4.69) is 0 Å². The first-order valence-electron chi connectivity index (χ1n) is 9.31. The van der Waals surface area contributed by atoms with Crippen molar-refractivity contribution in [2.45, 2.75) is 6.10 Å². The molecular weight excluding hydrogens is 366 g/mol. The fraction of sp³-hybridized carbons (Fsp3) is 0.130. The zero-order chi connectivity index (χ0) is 20.2. The minimum absolute atomic E-state index is 0.00967. The molecule has 0 aliphatic carbocycles. The van der Waals surface area contributed by atoms with Gasteiger partial charge in [0.2, 0.25) is 0 Å². The van der Waals surface area contributed by atoms with Crippen LogP contribution in [0.4, 0.5) is 10.5 Å². The highest BCUT2D eigenvalue weighted by Gasteiger charge is 2.32. The number of hydrogen-bond acceptors (Lipinski definition) is 4. The van der Waals surface area contributed by atoms with E-state index in [1.54, 1.807) is 29.2 Å². The van der Waals surface area contributed by atoms with E-state index >= 15 is 0 Å². The highest BCUT2D eigenvalue weighted by atomic mass is 16.6. The van der Waals surface area contributed by atoms with E-state index in [4.69, 9.17) is 20.6 Å². The normalized spacial score (nSPS) is 15.8. The second-order valence-corrected chi connectivity index (χ2v) is 6.78. The zero-order valence-corrected chi connectivity index (χ0v) is 15.7. The van der Waals surface area contributed by atoms with Crippen molar-refractivity contribution in [3.05, 3.63) is 84.4 Å². The summed E-state index contributed by atoms with van der Waals surface area (Å²) in [6, 6.07) is 24.9. The number of carbonyl (C=O) groups is 1. The molecule has 1 saturated heterocycles. The Morgan fingerprint density at radius 2 is 1.76 bits per heavy atom. The van der Waals surface area contributed by atoms with E-state index in [0.717, 1.165) is 16.9 Å². The number of amidine groups is 1. The van der Waals surface area contributed by atoms with Gasteiger partial charge >= 0.3 is 6.09 Å². The van der Waals surface area contributed by atoms with Crippen LogP contribution in [-0.2, 0) is 4.74 Å². The van der Waals surface area contributed by atoms with E-state index < -0.39 is 6.09 Å². The molecule has 0 aromatic heterocycles. The van der Waals surface area contributed by atoms with Crippen molar-refractivity contribution in [1.29, 1.82) is 5.41 Å². The van der Waals surface area contributed by atoms with Gasteiger partial charge < -0.3 is 15.2 Å². The Bertz CT molecular complexity index is 1020. The minimum Gasteiger partial charge on any atom is -0.490 e. The average Bonchev–Trinajstić information content (AvgIpc) is 3.14. The molecule has 1 amide bonds. The summed E-state index contributed by atoms with van der Waals surface area (Å²) in [5.41, 5.74) is 8.97. The minimum atomic E-state index is -0.410. The van der Waals surface area contributed by atoms with Gasteiger partial charge in [0.05, 0.1) is 6.54 Å². The van der Waals surface area contributed by atoms with Crippen LogP contribution in [0, 0.1) is 5.41 Å². The summed E-state index contributed by atoms with van der Waals surface area (Å²) in [4.78, 5) is 13.8. The van der Waals surface area contributed by atoms with Crippen LogP contribution in [-0.4, -0.2) is 31.2 Å². The number of nitrogens with one attached hydrogen (secondary N) is 1. The lowest BCUT2D eigenvalue weighted by Crippen LogP contribution is -2.26. The molecule has 4 rings (SSSR count). The maximum absolute atomic E-state index is 12.2. The summed E-state index contributed by atoms with van der Waals surface area (Å²) >= 11 is 0. The van der Waals surface area contributed by atoms with Gasteiger partial charge in [0.25, 0.3) is 0 Å². The summed E-state index contributed by atoms with van der Waals surface area (Å²) in [5.74, 6) is 0.719. The summed E-state index contributed by atoms with van der Waals surface area (Å²) in [6.07, 6.45) is -0.775. The quantitative estimate of drug-likeness (QED) is 0.493. The Morgan fingerprint density at radius 1 is 1.03 bits per heavy atom. The smallest absolute Gasteiger partial charge is 0.414 e. The fourth-order valence-corrected chi connectivity index (χ4v) is 3.23. The molecular formula is C23H21N3O3. The third kappa shape index (κ3) is 4.21. The van der Waals surface area contributed by atoms with E-state index in [1.165, 1.54) is 0 Å². The maximum Gasteiger partial charge on any atom is 0.414 e. The second-order valence-electron chi connectivity index (χ2n) is 6.78. The lowest BCUT2D eigenvalue weighted by atomic mass is 10.1. The molecule has 1 aliphatic rings. The van der Waals surface area contributed by atoms with Crippen LogP contribution >= 0.6 is 0 Å². The number of benzene rings is 3. The lowest BCUT2D eigenvalue weighted by molar-refractivity contribution is 0.105. The number of nitrogens with two attached hydrogens (primary N) is 1.